The second-order valence-corrected chi connectivity index (χ2v) is 5.77. The van der Waals surface area contributed by atoms with Gasteiger partial charge in [-0.25, -0.2) is 8.42 Å². The Kier molecular flexibility index (Phi) is 5.12. The van der Waals surface area contributed by atoms with Gasteiger partial charge in [0.25, 0.3) is 0 Å². The molecule has 7 heteroatoms. The first-order valence-electron chi connectivity index (χ1n) is 2.34. The van der Waals surface area contributed by atoms with E-state index in [0.717, 1.165) is 0 Å². The molecule has 0 aliphatic rings. The third-order valence-corrected chi connectivity index (χ3v) is 4.68. The predicted octanol–water partition coefficient (Wildman–Crippen LogP) is 0.745. The lowest BCUT2D eigenvalue weighted by atomic mass is 11.8. The van der Waals surface area contributed by atoms with Crippen LogP contribution in [-0.2, 0) is 9.84 Å². The van der Waals surface area contributed by atoms with Crippen LogP contribution in [0.4, 0.5) is 0 Å². The van der Waals surface area contributed by atoms with Crippen LogP contribution in [0.5, 0.6) is 0 Å². The van der Waals surface area contributed by atoms with E-state index in [2.05, 4.69) is 0 Å². The minimum Gasteiger partial charge on any atom is -0.227 e. The van der Waals surface area contributed by atoms with Gasteiger partial charge in [0.2, 0.25) is 0 Å². The summed E-state index contributed by atoms with van der Waals surface area (Å²) < 4.78 is 21.6. The molecular formula is C4H4N2O2S3. The summed E-state index contributed by atoms with van der Waals surface area (Å²) in [6.07, 6.45) is 0. The second kappa shape index (κ2) is 5.30. The van der Waals surface area contributed by atoms with Crippen molar-refractivity contribution < 1.29 is 8.42 Å². The molecule has 0 heterocycles. The van der Waals surface area contributed by atoms with Crippen molar-refractivity contribution in [2.24, 2.45) is 0 Å². The fourth-order valence-electron chi connectivity index (χ4n) is 0.266. The number of sulfone groups is 1. The molecule has 0 aliphatic carbocycles. The average Bonchev–Trinajstić information content (AvgIpc) is 1.97. The van der Waals surface area contributed by atoms with Crippen molar-refractivity contribution in [3.63, 3.8) is 0 Å². The molecule has 0 N–H and O–H groups in total. The molecule has 0 aromatic heterocycles. The molecule has 11 heavy (non-hydrogen) atoms. The van der Waals surface area contributed by atoms with E-state index in [1.54, 1.807) is 10.8 Å². The first kappa shape index (κ1) is 10.6. The zero-order valence-corrected chi connectivity index (χ0v) is 7.80. The van der Waals surface area contributed by atoms with Crippen LogP contribution in [0.1, 0.15) is 0 Å². The van der Waals surface area contributed by atoms with Crippen LogP contribution < -0.4 is 0 Å². The molecule has 0 aromatic rings. The minimum atomic E-state index is -3.22. The molecule has 4 nitrogen and oxygen atoms in total. The molecule has 0 aromatic carbocycles. The van der Waals surface area contributed by atoms with Crippen molar-refractivity contribution in [2.45, 2.75) is 0 Å². The summed E-state index contributed by atoms with van der Waals surface area (Å²) in [5.74, 6) is 0. The number of thiocyanates is 2. The van der Waals surface area contributed by atoms with Gasteiger partial charge in [0.1, 0.15) is 21.0 Å². The van der Waals surface area contributed by atoms with Crippen molar-refractivity contribution in [3.8, 4) is 10.8 Å². The summed E-state index contributed by atoms with van der Waals surface area (Å²) in [5.41, 5.74) is 0. The summed E-state index contributed by atoms with van der Waals surface area (Å²) in [6, 6.07) is 0. The first-order chi connectivity index (χ1) is 5.12. The zero-order valence-electron chi connectivity index (χ0n) is 5.35. The molecule has 60 valence electrons. The third kappa shape index (κ3) is 6.05. The number of nitrogens with zero attached hydrogens (tertiary/aromatic N) is 2. The van der Waals surface area contributed by atoms with E-state index >= 15 is 0 Å². The topological polar surface area (TPSA) is 81.7 Å². The maximum absolute atomic E-state index is 10.8. The van der Waals surface area contributed by atoms with Gasteiger partial charge in [-0.1, -0.05) is 0 Å². The molecule has 0 aliphatic heterocycles. The van der Waals surface area contributed by atoms with Crippen LogP contribution in [0.15, 0.2) is 0 Å². The van der Waals surface area contributed by atoms with Crippen LogP contribution >= 0.6 is 23.5 Å². The summed E-state index contributed by atoms with van der Waals surface area (Å²) in [7, 11) is -3.22. The fourth-order valence-corrected chi connectivity index (χ4v) is 3.01. The van der Waals surface area contributed by atoms with Crippen LogP contribution in [0.3, 0.4) is 0 Å². The lowest BCUT2D eigenvalue weighted by Crippen LogP contribution is -2.04. The Hall–Kier alpha value is -0.370. The molecule has 0 amide bonds. The predicted molar refractivity (Wildman–Crippen MR) is 45.1 cm³/mol. The Labute approximate surface area is 73.5 Å². The molecule has 0 rings (SSSR count). The first-order valence-corrected chi connectivity index (χ1v) is 6.14. The van der Waals surface area contributed by atoms with E-state index in [4.69, 9.17) is 10.5 Å². The number of thioether (sulfide) groups is 2. The lowest BCUT2D eigenvalue weighted by molar-refractivity contribution is 0.605. The van der Waals surface area contributed by atoms with Crippen molar-refractivity contribution in [3.05, 3.63) is 0 Å². The Morgan fingerprint density at radius 2 is 1.45 bits per heavy atom. The highest BCUT2D eigenvalue weighted by Crippen LogP contribution is 2.09. The maximum Gasteiger partial charge on any atom is 0.170 e. The Morgan fingerprint density at radius 1 is 1.09 bits per heavy atom. The Bertz CT molecular complexity index is 259. The van der Waals surface area contributed by atoms with Crippen LogP contribution in [0.2, 0.25) is 0 Å². The van der Waals surface area contributed by atoms with E-state index in [9.17, 15) is 8.42 Å². The number of nitriles is 2. The molecule has 0 saturated carbocycles. The van der Waals surface area contributed by atoms with Gasteiger partial charge in [-0.3, -0.25) is 0 Å². The minimum absolute atomic E-state index is 0.238. The largest absolute Gasteiger partial charge is 0.227 e. The normalized spacial score (nSPS) is 10.0. The summed E-state index contributed by atoms with van der Waals surface area (Å²) in [5, 5.41) is 18.9. The molecular weight excluding hydrogens is 204 g/mol. The summed E-state index contributed by atoms with van der Waals surface area (Å²) >= 11 is 1.32. The quantitative estimate of drug-likeness (QED) is 0.634. The van der Waals surface area contributed by atoms with Gasteiger partial charge in [0.15, 0.2) is 9.84 Å². The van der Waals surface area contributed by atoms with Crippen LogP contribution in [0, 0.1) is 21.3 Å². The Balaban J connectivity index is 3.86. The van der Waals surface area contributed by atoms with E-state index in [-0.39, 0.29) is 10.2 Å². The summed E-state index contributed by atoms with van der Waals surface area (Å²) in [4.78, 5) is 0. The highest BCUT2D eigenvalue weighted by molar-refractivity contribution is 8.21. The number of hydrogen-bond donors (Lipinski definition) is 0. The van der Waals surface area contributed by atoms with E-state index in [1.807, 2.05) is 0 Å². The SMILES string of the molecule is N#CSCS(=O)(=O)CSC#N. The van der Waals surface area contributed by atoms with Gasteiger partial charge in [0, 0.05) is 0 Å². The number of hydrogen-bond acceptors (Lipinski definition) is 6. The van der Waals surface area contributed by atoms with Crippen LogP contribution in [0.25, 0.3) is 0 Å². The lowest BCUT2D eigenvalue weighted by Gasteiger charge is -1.93. The maximum atomic E-state index is 10.8. The van der Waals surface area contributed by atoms with Gasteiger partial charge >= 0.3 is 0 Å². The average molecular weight is 208 g/mol. The number of rotatable bonds is 4. The van der Waals surface area contributed by atoms with Gasteiger partial charge in [-0.2, -0.15) is 10.5 Å². The molecule has 0 unspecified atom stereocenters. The van der Waals surface area contributed by atoms with E-state index in [1.165, 1.54) is 0 Å². The van der Waals surface area contributed by atoms with Crippen molar-refractivity contribution in [2.75, 3.05) is 10.2 Å². The highest BCUT2D eigenvalue weighted by atomic mass is 32.3. The Morgan fingerprint density at radius 3 is 1.73 bits per heavy atom. The van der Waals surface area contributed by atoms with Gasteiger partial charge in [0.05, 0.1) is 0 Å². The van der Waals surface area contributed by atoms with Gasteiger partial charge in [-0.15, -0.1) is 0 Å². The molecule has 0 fully saturated rings. The van der Waals surface area contributed by atoms with Gasteiger partial charge < -0.3 is 0 Å². The van der Waals surface area contributed by atoms with Crippen molar-refractivity contribution >= 4 is 33.4 Å². The highest BCUT2D eigenvalue weighted by Gasteiger charge is 2.10. The zero-order chi connectivity index (χ0) is 8.74. The molecule has 0 radical (unpaired) electrons. The molecule has 0 bridgehead atoms. The monoisotopic (exact) mass is 208 g/mol. The van der Waals surface area contributed by atoms with Crippen molar-refractivity contribution in [1.29, 1.82) is 10.5 Å². The second-order valence-electron chi connectivity index (χ2n) is 1.45. The fraction of sp³-hybridized carbons (Fsp3) is 0.500. The third-order valence-electron chi connectivity index (χ3n) is 0.606. The standard InChI is InChI=1S/C4H4N2O2S3/c5-1-9-3-11(7,8)4-10-2-6/h3-4H2. The smallest absolute Gasteiger partial charge is 0.170 e. The van der Waals surface area contributed by atoms with E-state index in [0.29, 0.717) is 23.5 Å². The summed E-state index contributed by atoms with van der Waals surface area (Å²) in [6.45, 7) is 0. The molecule has 0 saturated heterocycles. The van der Waals surface area contributed by atoms with E-state index < -0.39 is 9.84 Å². The van der Waals surface area contributed by atoms with Gasteiger partial charge in [-0.05, 0) is 23.5 Å². The van der Waals surface area contributed by atoms with Crippen molar-refractivity contribution in [1.82, 2.24) is 0 Å². The van der Waals surface area contributed by atoms with Crippen LogP contribution in [-0.4, -0.2) is 18.6 Å². The molecule has 0 atom stereocenters. The molecule has 0 spiro atoms.